The van der Waals surface area contributed by atoms with E-state index in [0.29, 0.717) is 12.5 Å². The Bertz CT molecular complexity index is 1340. The first kappa shape index (κ1) is 23.9. The van der Waals surface area contributed by atoms with Crippen LogP contribution >= 0.6 is 0 Å². The summed E-state index contributed by atoms with van der Waals surface area (Å²) in [5.41, 5.74) is 11.7. The quantitative estimate of drug-likeness (QED) is 0.405. The number of anilines is 3. The average Bonchev–Trinajstić information content (AvgIpc) is 3.32. The lowest BCUT2D eigenvalue weighted by atomic mass is 10.1. The van der Waals surface area contributed by atoms with Gasteiger partial charge in [0.2, 0.25) is 5.95 Å². The minimum Gasteiger partial charge on any atom is -0.376 e. The highest BCUT2D eigenvalue weighted by molar-refractivity contribution is 5.84. The first-order valence-corrected chi connectivity index (χ1v) is 12.5. The molecule has 5 heterocycles. The number of imidazole rings is 1. The van der Waals surface area contributed by atoms with E-state index < -0.39 is 0 Å². The van der Waals surface area contributed by atoms with Gasteiger partial charge in [-0.15, -0.1) is 0 Å². The molecule has 1 aliphatic heterocycles. The molecule has 0 aliphatic carbocycles. The highest BCUT2D eigenvalue weighted by Gasteiger charge is 2.22. The van der Waals surface area contributed by atoms with Crippen LogP contribution < -0.4 is 20.9 Å². The number of nitrogens with one attached hydrogen (secondary N) is 1. The van der Waals surface area contributed by atoms with Crippen LogP contribution in [0.5, 0.6) is 0 Å². The maximum atomic E-state index is 6.14. The molecular formula is C26H34N10. The lowest BCUT2D eigenvalue weighted by Crippen LogP contribution is -2.40. The maximum Gasteiger partial charge on any atom is 0.229 e. The molecule has 10 nitrogen and oxygen atoms in total. The van der Waals surface area contributed by atoms with Crippen molar-refractivity contribution in [2.45, 2.75) is 45.3 Å². The molecule has 3 N–H and O–H groups in total. The number of hydrogen-bond donors (Lipinski definition) is 2. The van der Waals surface area contributed by atoms with Crippen LogP contribution in [-0.2, 0) is 6.54 Å². The average molecular weight is 487 g/mol. The number of piperidine rings is 1. The van der Waals surface area contributed by atoms with Crippen molar-refractivity contribution in [2.24, 2.45) is 5.73 Å². The number of nitrogens with two attached hydrogens (primary N) is 1. The molecule has 0 bridgehead atoms. The van der Waals surface area contributed by atoms with Crippen LogP contribution in [-0.4, -0.2) is 62.7 Å². The Hall–Kier alpha value is -3.79. The third-order valence-electron chi connectivity index (χ3n) is 6.64. The molecule has 10 heteroatoms. The van der Waals surface area contributed by atoms with E-state index in [1.807, 2.05) is 50.0 Å². The first-order valence-electron chi connectivity index (χ1n) is 12.5. The van der Waals surface area contributed by atoms with Gasteiger partial charge in [0.15, 0.2) is 17.0 Å². The van der Waals surface area contributed by atoms with E-state index in [1.165, 1.54) is 0 Å². The van der Waals surface area contributed by atoms with Gasteiger partial charge >= 0.3 is 0 Å². The van der Waals surface area contributed by atoms with Gasteiger partial charge in [0.25, 0.3) is 0 Å². The molecule has 4 aromatic heterocycles. The fourth-order valence-corrected chi connectivity index (χ4v) is 4.47. The van der Waals surface area contributed by atoms with Crippen LogP contribution in [0.4, 0.5) is 17.5 Å². The van der Waals surface area contributed by atoms with Crippen molar-refractivity contribution in [1.82, 2.24) is 29.5 Å². The van der Waals surface area contributed by atoms with E-state index in [9.17, 15) is 0 Å². The number of rotatable bonds is 7. The number of hydrogen-bond acceptors (Lipinski definition) is 9. The number of aromatic nitrogens is 6. The molecule has 0 radical (unpaired) electrons. The lowest BCUT2D eigenvalue weighted by Gasteiger charge is -2.30. The Labute approximate surface area is 211 Å². The summed E-state index contributed by atoms with van der Waals surface area (Å²) in [4.78, 5) is 27.9. The predicted octanol–water partition coefficient (Wildman–Crippen LogP) is 3.47. The van der Waals surface area contributed by atoms with Crippen molar-refractivity contribution in [3.05, 3.63) is 48.7 Å². The van der Waals surface area contributed by atoms with Gasteiger partial charge in [0.1, 0.15) is 0 Å². The van der Waals surface area contributed by atoms with Crippen LogP contribution in [0.3, 0.4) is 0 Å². The van der Waals surface area contributed by atoms with Crippen molar-refractivity contribution in [3.8, 4) is 11.3 Å². The minimum absolute atomic E-state index is 0.238. The van der Waals surface area contributed by atoms with Crippen molar-refractivity contribution in [1.29, 1.82) is 0 Å². The molecule has 188 valence electrons. The second-order valence-electron chi connectivity index (χ2n) is 9.81. The summed E-state index contributed by atoms with van der Waals surface area (Å²) in [5, 5.41) is 3.54. The smallest absolute Gasteiger partial charge is 0.229 e. The van der Waals surface area contributed by atoms with E-state index in [1.54, 1.807) is 0 Å². The summed E-state index contributed by atoms with van der Waals surface area (Å²) < 4.78 is 2.09. The highest BCUT2D eigenvalue weighted by Crippen LogP contribution is 2.28. The minimum atomic E-state index is 0.238. The Kier molecular flexibility index (Phi) is 6.69. The van der Waals surface area contributed by atoms with Crippen LogP contribution in [0.1, 0.15) is 38.3 Å². The molecule has 0 atom stereocenters. The predicted molar refractivity (Wildman–Crippen MR) is 144 cm³/mol. The summed E-state index contributed by atoms with van der Waals surface area (Å²) >= 11 is 0. The maximum absolute atomic E-state index is 6.14. The fourth-order valence-electron chi connectivity index (χ4n) is 4.47. The topological polar surface area (TPSA) is 114 Å². The second-order valence-corrected chi connectivity index (χ2v) is 9.81. The van der Waals surface area contributed by atoms with Crippen molar-refractivity contribution in [3.63, 3.8) is 0 Å². The second kappa shape index (κ2) is 10.1. The monoisotopic (exact) mass is 486 g/mol. The van der Waals surface area contributed by atoms with Gasteiger partial charge in [-0.3, -0.25) is 9.97 Å². The van der Waals surface area contributed by atoms with Gasteiger partial charge in [-0.2, -0.15) is 9.97 Å². The van der Waals surface area contributed by atoms with E-state index in [0.717, 1.165) is 65.4 Å². The number of fused-ring (bicyclic) bond motifs is 1. The molecule has 1 saturated heterocycles. The summed E-state index contributed by atoms with van der Waals surface area (Å²) in [6.45, 7) is 6.51. The van der Waals surface area contributed by atoms with Gasteiger partial charge in [0.05, 0.1) is 23.9 Å². The van der Waals surface area contributed by atoms with Crippen molar-refractivity contribution < 1.29 is 0 Å². The number of nitrogens with zero attached hydrogens (tertiary/aromatic N) is 8. The number of pyridine rings is 2. The third-order valence-corrected chi connectivity index (χ3v) is 6.64. The van der Waals surface area contributed by atoms with Gasteiger partial charge in [-0.25, -0.2) is 4.98 Å². The Morgan fingerprint density at radius 2 is 1.94 bits per heavy atom. The standard InChI is InChI=1S/C26H34N10/c1-17(2)36-16-31-23-24(32-26(33-25(23)36)35-10-7-20(27)8-11-35)30-14-18-6-5-9-29-22(18)19-12-21(34(3)4)15-28-13-19/h5-6,9,12-13,15-17,20H,7-8,10-11,14,27H2,1-4H3,(H,30,32,33). The zero-order valence-electron chi connectivity index (χ0n) is 21.4. The normalized spacial score (nSPS) is 14.6. The van der Waals surface area contributed by atoms with E-state index in [-0.39, 0.29) is 12.1 Å². The summed E-state index contributed by atoms with van der Waals surface area (Å²) in [7, 11) is 4.01. The van der Waals surface area contributed by atoms with Crippen molar-refractivity contribution >= 4 is 28.6 Å². The zero-order chi connectivity index (χ0) is 25.2. The third kappa shape index (κ3) is 4.81. The summed E-state index contributed by atoms with van der Waals surface area (Å²) in [5.74, 6) is 1.44. The highest BCUT2D eigenvalue weighted by atomic mass is 15.3. The molecule has 4 aromatic rings. The van der Waals surface area contributed by atoms with Gasteiger partial charge in [0, 0.05) is 63.8 Å². The molecule has 0 aromatic carbocycles. The first-order chi connectivity index (χ1) is 17.4. The fraction of sp³-hybridized carbons (Fsp3) is 0.423. The Morgan fingerprint density at radius 1 is 1.14 bits per heavy atom. The Balaban J connectivity index is 1.49. The largest absolute Gasteiger partial charge is 0.376 e. The van der Waals surface area contributed by atoms with Gasteiger partial charge < -0.3 is 25.4 Å². The van der Waals surface area contributed by atoms with Crippen LogP contribution in [0, 0.1) is 0 Å². The summed E-state index contributed by atoms with van der Waals surface area (Å²) in [6.07, 6.45) is 9.24. The summed E-state index contributed by atoms with van der Waals surface area (Å²) in [6, 6.07) is 6.62. The van der Waals surface area contributed by atoms with Crippen LogP contribution in [0.25, 0.3) is 22.4 Å². The zero-order valence-corrected chi connectivity index (χ0v) is 21.4. The molecule has 5 rings (SSSR count). The van der Waals surface area contributed by atoms with E-state index >= 15 is 0 Å². The molecule has 0 amide bonds. The van der Waals surface area contributed by atoms with E-state index in [2.05, 4.69) is 55.7 Å². The SMILES string of the molecule is CC(C)n1cnc2c(NCc3cccnc3-c3cncc(N(C)C)c3)nc(N3CCC(N)CC3)nc21. The molecular weight excluding hydrogens is 452 g/mol. The van der Waals surface area contributed by atoms with E-state index in [4.69, 9.17) is 15.7 Å². The molecule has 1 fully saturated rings. The molecule has 36 heavy (non-hydrogen) atoms. The van der Waals surface area contributed by atoms with Crippen LogP contribution in [0.15, 0.2) is 43.1 Å². The Morgan fingerprint density at radius 3 is 2.69 bits per heavy atom. The lowest BCUT2D eigenvalue weighted by molar-refractivity contribution is 0.495. The molecule has 1 aliphatic rings. The van der Waals surface area contributed by atoms with Crippen molar-refractivity contribution in [2.75, 3.05) is 42.3 Å². The van der Waals surface area contributed by atoms with Gasteiger partial charge in [-0.1, -0.05) is 6.07 Å². The molecule has 0 saturated carbocycles. The molecule has 0 unspecified atom stereocenters. The van der Waals surface area contributed by atoms with Gasteiger partial charge in [-0.05, 0) is 44.4 Å². The molecule has 0 spiro atoms. The van der Waals surface area contributed by atoms with Crippen LogP contribution in [0.2, 0.25) is 0 Å².